The lowest BCUT2D eigenvalue weighted by atomic mass is 10.1. The highest BCUT2D eigenvalue weighted by Crippen LogP contribution is 2.36. The molecule has 20 heavy (non-hydrogen) atoms. The van der Waals surface area contributed by atoms with E-state index in [0.29, 0.717) is 10.5 Å². The van der Waals surface area contributed by atoms with Crippen LogP contribution in [-0.2, 0) is 0 Å². The van der Waals surface area contributed by atoms with Crippen LogP contribution >= 0.6 is 11.8 Å². The van der Waals surface area contributed by atoms with Gasteiger partial charge < -0.3 is 5.11 Å². The molecule has 1 N–H and O–H groups in total. The Morgan fingerprint density at radius 2 is 1.85 bits per heavy atom. The van der Waals surface area contributed by atoms with Gasteiger partial charge in [0.2, 0.25) is 0 Å². The van der Waals surface area contributed by atoms with Crippen LogP contribution in [0.1, 0.15) is 24.2 Å². The molecule has 0 heterocycles. The fourth-order valence-electron chi connectivity index (χ4n) is 1.76. The predicted octanol–water partition coefficient (Wildman–Crippen LogP) is 4.11. The second-order valence-electron chi connectivity index (χ2n) is 4.58. The molecule has 0 unspecified atom stereocenters. The van der Waals surface area contributed by atoms with E-state index in [9.17, 15) is 15.2 Å². The zero-order valence-electron chi connectivity index (χ0n) is 11.2. The summed E-state index contributed by atoms with van der Waals surface area (Å²) in [6.07, 6.45) is -0.716. The van der Waals surface area contributed by atoms with Gasteiger partial charge in [-0.3, -0.25) is 10.1 Å². The summed E-state index contributed by atoms with van der Waals surface area (Å²) in [6, 6.07) is 12.6. The van der Waals surface area contributed by atoms with Crippen molar-refractivity contribution in [2.75, 3.05) is 0 Å². The first kappa shape index (κ1) is 14.6. The Morgan fingerprint density at radius 1 is 1.20 bits per heavy atom. The van der Waals surface area contributed by atoms with E-state index in [-0.39, 0.29) is 5.69 Å². The number of nitro benzene ring substituents is 1. The number of rotatable bonds is 4. The molecule has 0 aliphatic rings. The molecule has 0 aromatic heterocycles. The first-order chi connectivity index (χ1) is 9.47. The second-order valence-corrected chi connectivity index (χ2v) is 5.69. The SMILES string of the molecule is Cc1ccc(Sc2ccc([C@H](C)O)cc2[N+](=O)[O-])cc1. The van der Waals surface area contributed by atoms with Crippen molar-refractivity contribution in [3.8, 4) is 0 Å². The van der Waals surface area contributed by atoms with Gasteiger partial charge in [0, 0.05) is 11.0 Å². The molecule has 0 fully saturated rings. The minimum Gasteiger partial charge on any atom is -0.389 e. The minimum absolute atomic E-state index is 0.0222. The number of aliphatic hydroxyl groups excluding tert-OH is 1. The Hall–Kier alpha value is -1.85. The number of hydrogen-bond acceptors (Lipinski definition) is 4. The number of aryl methyl sites for hydroxylation is 1. The summed E-state index contributed by atoms with van der Waals surface area (Å²) < 4.78 is 0. The third-order valence-corrected chi connectivity index (χ3v) is 3.98. The van der Waals surface area contributed by atoms with E-state index in [2.05, 4.69) is 0 Å². The van der Waals surface area contributed by atoms with Crippen LogP contribution in [-0.4, -0.2) is 10.0 Å². The molecule has 2 rings (SSSR count). The molecule has 0 saturated heterocycles. The van der Waals surface area contributed by atoms with E-state index in [1.165, 1.54) is 17.8 Å². The van der Waals surface area contributed by atoms with Crippen molar-refractivity contribution in [2.24, 2.45) is 0 Å². The van der Waals surface area contributed by atoms with Gasteiger partial charge in [0.15, 0.2) is 0 Å². The quantitative estimate of drug-likeness (QED) is 0.679. The number of aliphatic hydroxyl groups is 1. The summed E-state index contributed by atoms with van der Waals surface area (Å²) in [5.74, 6) is 0. The molecule has 0 spiro atoms. The average Bonchev–Trinajstić information content (AvgIpc) is 2.41. The lowest BCUT2D eigenvalue weighted by molar-refractivity contribution is -0.387. The fraction of sp³-hybridized carbons (Fsp3) is 0.200. The Kier molecular flexibility index (Phi) is 4.42. The van der Waals surface area contributed by atoms with Gasteiger partial charge in [0.05, 0.1) is 15.9 Å². The molecule has 4 nitrogen and oxygen atoms in total. The lowest BCUT2D eigenvalue weighted by Gasteiger charge is -2.08. The van der Waals surface area contributed by atoms with Gasteiger partial charge in [-0.25, -0.2) is 0 Å². The van der Waals surface area contributed by atoms with Crippen molar-refractivity contribution < 1.29 is 10.0 Å². The van der Waals surface area contributed by atoms with E-state index < -0.39 is 11.0 Å². The van der Waals surface area contributed by atoms with Crippen molar-refractivity contribution >= 4 is 17.4 Å². The van der Waals surface area contributed by atoms with Gasteiger partial charge in [-0.2, -0.15) is 0 Å². The summed E-state index contributed by atoms with van der Waals surface area (Å²) in [5.41, 5.74) is 1.72. The molecule has 1 atom stereocenters. The lowest BCUT2D eigenvalue weighted by Crippen LogP contribution is -1.96. The number of benzene rings is 2. The van der Waals surface area contributed by atoms with E-state index in [0.717, 1.165) is 10.5 Å². The third kappa shape index (κ3) is 3.37. The van der Waals surface area contributed by atoms with Crippen LogP contribution in [0.2, 0.25) is 0 Å². The monoisotopic (exact) mass is 289 g/mol. The van der Waals surface area contributed by atoms with Crippen molar-refractivity contribution in [3.05, 3.63) is 63.7 Å². The maximum absolute atomic E-state index is 11.2. The van der Waals surface area contributed by atoms with Gasteiger partial charge in [-0.1, -0.05) is 35.5 Å². The highest BCUT2D eigenvalue weighted by Gasteiger charge is 2.17. The van der Waals surface area contributed by atoms with E-state index >= 15 is 0 Å². The summed E-state index contributed by atoms with van der Waals surface area (Å²) in [7, 11) is 0. The van der Waals surface area contributed by atoms with Gasteiger partial charge in [0.1, 0.15) is 0 Å². The van der Waals surface area contributed by atoms with Gasteiger partial charge in [-0.05, 0) is 37.6 Å². The Bertz CT molecular complexity index is 624. The molecule has 0 bridgehead atoms. The molecule has 0 saturated carbocycles. The van der Waals surface area contributed by atoms with Crippen LogP contribution in [0.4, 0.5) is 5.69 Å². The minimum atomic E-state index is -0.716. The summed E-state index contributed by atoms with van der Waals surface area (Å²) in [4.78, 5) is 12.3. The molecule has 0 amide bonds. The van der Waals surface area contributed by atoms with Gasteiger partial charge >= 0.3 is 0 Å². The van der Waals surface area contributed by atoms with Crippen molar-refractivity contribution in [3.63, 3.8) is 0 Å². The maximum Gasteiger partial charge on any atom is 0.283 e. The normalized spacial score (nSPS) is 12.2. The zero-order chi connectivity index (χ0) is 14.7. The number of nitro groups is 1. The van der Waals surface area contributed by atoms with Crippen molar-refractivity contribution in [1.29, 1.82) is 0 Å². The number of hydrogen-bond donors (Lipinski definition) is 1. The predicted molar refractivity (Wildman–Crippen MR) is 79.0 cm³/mol. The summed E-state index contributed by atoms with van der Waals surface area (Å²) in [6.45, 7) is 3.58. The molecule has 0 aliphatic heterocycles. The highest BCUT2D eigenvalue weighted by atomic mass is 32.2. The first-order valence-electron chi connectivity index (χ1n) is 6.18. The van der Waals surface area contributed by atoms with E-state index in [4.69, 9.17) is 0 Å². The maximum atomic E-state index is 11.2. The topological polar surface area (TPSA) is 63.4 Å². The average molecular weight is 289 g/mol. The molecule has 5 heteroatoms. The standard InChI is InChI=1S/C15H15NO3S/c1-10-3-6-13(7-4-10)20-15-8-5-12(11(2)17)9-14(15)16(18)19/h3-9,11,17H,1-2H3/t11-/m0/s1. The van der Waals surface area contributed by atoms with Gasteiger partial charge in [0.25, 0.3) is 5.69 Å². The Morgan fingerprint density at radius 3 is 2.40 bits per heavy atom. The fourth-order valence-corrected chi connectivity index (χ4v) is 2.66. The molecular formula is C15H15NO3S. The second kappa shape index (κ2) is 6.07. The van der Waals surface area contributed by atoms with Crippen LogP contribution < -0.4 is 0 Å². The van der Waals surface area contributed by atoms with Crippen LogP contribution in [0.5, 0.6) is 0 Å². The molecule has 2 aromatic rings. The largest absolute Gasteiger partial charge is 0.389 e. The summed E-state index contributed by atoms with van der Waals surface area (Å²) >= 11 is 1.35. The van der Waals surface area contributed by atoms with E-state index in [1.807, 2.05) is 31.2 Å². The highest BCUT2D eigenvalue weighted by molar-refractivity contribution is 7.99. The molecule has 0 radical (unpaired) electrons. The molecule has 2 aromatic carbocycles. The smallest absolute Gasteiger partial charge is 0.283 e. The van der Waals surface area contributed by atoms with Crippen molar-refractivity contribution in [1.82, 2.24) is 0 Å². The van der Waals surface area contributed by atoms with Crippen LogP contribution in [0.3, 0.4) is 0 Å². The third-order valence-electron chi connectivity index (χ3n) is 2.91. The Balaban J connectivity index is 2.35. The van der Waals surface area contributed by atoms with Crippen molar-refractivity contribution in [2.45, 2.75) is 29.7 Å². The summed E-state index contributed by atoms with van der Waals surface area (Å²) in [5, 5.41) is 20.7. The van der Waals surface area contributed by atoms with E-state index in [1.54, 1.807) is 19.1 Å². The van der Waals surface area contributed by atoms with Crippen LogP contribution in [0, 0.1) is 17.0 Å². The molecule has 0 aliphatic carbocycles. The number of nitrogens with zero attached hydrogens (tertiary/aromatic N) is 1. The van der Waals surface area contributed by atoms with Crippen LogP contribution in [0.15, 0.2) is 52.3 Å². The zero-order valence-corrected chi connectivity index (χ0v) is 12.1. The van der Waals surface area contributed by atoms with Gasteiger partial charge in [-0.15, -0.1) is 0 Å². The molecular weight excluding hydrogens is 274 g/mol. The Labute approximate surface area is 121 Å². The first-order valence-corrected chi connectivity index (χ1v) is 7.00. The van der Waals surface area contributed by atoms with Crippen LogP contribution in [0.25, 0.3) is 0 Å². The molecule has 104 valence electrons.